The molecule has 0 N–H and O–H groups in total. The van der Waals surface area contributed by atoms with Gasteiger partial charge in [0.15, 0.2) is 17.3 Å². The van der Waals surface area contributed by atoms with Gasteiger partial charge >= 0.3 is 0 Å². The van der Waals surface area contributed by atoms with E-state index in [0.717, 1.165) is 6.54 Å². The first-order chi connectivity index (χ1) is 12.2. The van der Waals surface area contributed by atoms with E-state index >= 15 is 0 Å². The fourth-order valence-corrected chi connectivity index (χ4v) is 3.39. The van der Waals surface area contributed by atoms with Crippen LogP contribution in [0.4, 0.5) is 0 Å². The van der Waals surface area contributed by atoms with E-state index in [4.69, 9.17) is 16.9 Å². The van der Waals surface area contributed by atoms with Crippen molar-refractivity contribution >= 4 is 11.6 Å². The van der Waals surface area contributed by atoms with E-state index in [1.807, 2.05) is 12.1 Å². The minimum atomic E-state index is 0.163. The van der Waals surface area contributed by atoms with Crippen molar-refractivity contribution in [2.24, 2.45) is 0 Å². The lowest BCUT2D eigenvalue weighted by atomic mass is 9.94. The summed E-state index contributed by atoms with van der Waals surface area (Å²) in [5, 5.41) is 21.4. The summed E-state index contributed by atoms with van der Waals surface area (Å²) in [6.07, 6.45) is 8.11. The lowest BCUT2D eigenvalue weighted by Gasteiger charge is -2.33. The summed E-state index contributed by atoms with van der Waals surface area (Å²) >= 11 is 5.96. The fraction of sp³-hybridized carbons (Fsp3) is 0.471. The van der Waals surface area contributed by atoms with Gasteiger partial charge in [0.1, 0.15) is 6.07 Å². The van der Waals surface area contributed by atoms with E-state index in [1.54, 1.807) is 16.8 Å². The van der Waals surface area contributed by atoms with E-state index in [0.29, 0.717) is 29.3 Å². The predicted octanol–water partition coefficient (Wildman–Crippen LogP) is 2.90. The van der Waals surface area contributed by atoms with Crippen molar-refractivity contribution in [1.29, 1.82) is 5.26 Å². The number of nitriles is 1. The van der Waals surface area contributed by atoms with Crippen molar-refractivity contribution in [3.8, 4) is 11.9 Å². The first kappa shape index (κ1) is 17.5. The maximum Gasteiger partial charge on any atom is 0.172 e. The van der Waals surface area contributed by atoms with E-state index < -0.39 is 0 Å². The van der Waals surface area contributed by atoms with Crippen LogP contribution in [0, 0.1) is 11.3 Å². The first-order valence-electron chi connectivity index (χ1n) is 8.42. The Morgan fingerprint density at radius 2 is 2.16 bits per heavy atom. The molecule has 1 saturated carbocycles. The zero-order valence-corrected chi connectivity index (χ0v) is 14.7. The second kappa shape index (κ2) is 8.19. The smallest absolute Gasteiger partial charge is 0.172 e. The molecule has 0 aliphatic heterocycles. The quantitative estimate of drug-likeness (QED) is 0.739. The van der Waals surface area contributed by atoms with Gasteiger partial charge < -0.3 is 0 Å². The lowest BCUT2D eigenvalue weighted by molar-refractivity contribution is 0.160. The highest BCUT2D eigenvalue weighted by atomic mass is 35.5. The van der Waals surface area contributed by atoms with Crippen molar-refractivity contribution in [3.63, 3.8) is 0 Å². The third-order valence-electron chi connectivity index (χ3n) is 4.49. The second-order valence-corrected chi connectivity index (χ2v) is 6.54. The molecule has 0 bridgehead atoms. The van der Waals surface area contributed by atoms with Gasteiger partial charge in [0, 0.05) is 12.6 Å². The monoisotopic (exact) mass is 357 g/mol. The summed E-state index contributed by atoms with van der Waals surface area (Å²) in [5.41, 5.74) is 0.163. The van der Waals surface area contributed by atoms with Gasteiger partial charge in [-0.15, -0.1) is 11.7 Å². The zero-order chi connectivity index (χ0) is 17.6. The number of halogens is 1. The molecule has 0 unspecified atom stereocenters. The Labute approximate surface area is 151 Å². The average Bonchev–Trinajstić information content (AvgIpc) is 3.11. The number of rotatable bonds is 6. The minimum Gasteiger partial charge on any atom is -0.289 e. The molecule has 0 aromatic carbocycles. The maximum absolute atomic E-state index is 9.12. The lowest BCUT2D eigenvalue weighted by Crippen LogP contribution is -2.37. The maximum atomic E-state index is 9.12. The molecular weight excluding hydrogens is 338 g/mol. The van der Waals surface area contributed by atoms with Gasteiger partial charge in [-0.25, -0.2) is 4.98 Å². The highest BCUT2D eigenvalue weighted by Crippen LogP contribution is 2.24. The highest BCUT2D eigenvalue weighted by Gasteiger charge is 2.23. The largest absolute Gasteiger partial charge is 0.289 e. The summed E-state index contributed by atoms with van der Waals surface area (Å²) in [7, 11) is 0. The van der Waals surface area contributed by atoms with Crippen LogP contribution in [0.5, 0.6) is 0 Å². The van der Waals surface area contributed by atoms with Crippen molar-refractivity contribution in [2.45, 2.75) is 44.7 Å². The molecule has 25 heavy (non-hydrogen) atoms. The summed E-state index contributed by atoms with van der Waals surface area (Å²) in [6, 6.07) is 5.84. The van der Waals surface area contributed by atoms with Crippen LogP contribution in [0.3, 0.4) is 0 Å². The van der Waals surface area contributed by atoms with Crippen molar-refractivity contribution in [1.82, 2.24) is 30.1 Å². The molecule has 2 aromatic rings. The number of aromatic nitrogens is 5. The third-order valence-corrected chi connectivity index (χ3v) is 4.79. The Bertz CT molecular complexity index is 774. The zero-order valence-electron chi connectivity index (χ0n) is 14.0. The number of nitrogens with zero attached hydrogens (tertiary/aromatic N) is 7. The molecular formula is C17H20ClN7. The van der Waals surface area contributed by atoms with Crippen molar-refractivity contribution in [2.75, 3.05) is 6.54 Å². The standard InChI is InChI=1S/C17H20ClN7/c1-2-10-24(13-6-4-3-5-7-13)12-17-21-22-23-25(17)16-9-8-14(18)15(11-19)20-16/h2,8-9,13H,1,3-7,10,12H2. The molecule has 0 atom stereocenters. The molecule has 3 rings (SSSR count). The molecule has 0 radical (unpaired) electrons. The number of tetrazole rings is 1. The van der Waals surface area contributed by atoms with Crippen molar-refractivity contribution in [3.05, 3.63) is 41.3 Å². The van der Waals surface area contributed by atoms with Gasteiger partial charge in [0.2, 0.25) is 0 Å². The summed E-state index contributed by atoms with van der Waals surface area (Å²) in [6.45, 7) is 5.27. The van der Waals surface area contributed by atoms with E-state index in [-0.39, 0.29) is 5.69 Å². The summed E-state index contributed by atoms with van der Waals surface area (Å²) in [5.74, 6) is 1.18. The van der Waals surface area contributed by atoms with Gasteiger partial charge in [-0.3, -0.25) is 4.90 Å². The van der Waals surface area contributed by atoms with Gasteiger partial charge in [0.25, 0.3) is 0 Å². The van der Waals surface area contributed by atoms with Crippen LogP contribution in [0.2, 0.25) is 5.02 Å². The topological polar surface area (TPSA) is 83.5 Å². The molecule has 2 heterocycles. The van der Waals surface area contributed by atoms with Gasteiger partial charge in [-0.2, -0.15) is 9.94 Å². The normalized spacial score (nSPS) is 15.2. The van der Waals surface area contributed by atoms with Crippen LogP contribution in [-0.2, 0) is 6.54 Å². The molecule has 1 aliphatic carbocycles. The molecule has 130 valence electrons. The number of hydrogen-bond acceptors (Lipinski definition) is 6. The Hall–Kier alpha value is -2.30. The van der Waals surface area contributed by atoms with Gasteiger partial charge in [-0.05, 0) is 35.4 Å². The van der Waals surface area contributed by atoms with Crippen LogP contribution in [0.25, 0.3) is 5.82 Å². The molecule has 0 spiro atoms. The number of pyridine rings is 1. The summed E-state index contributed by atoms with van der Waals surface area (Å²) in [4.78, 5) is 6.61. The Morgan fingerprint density at radius 1 is 1.36 bits per heavy atom. The van der Waals surface area contributed by atoms with Crippen LogP contribution >= 0.6 is 11.6 Å². The Kier molecular flexibility index (Phi) is 5.74. The van der Waals surface area contributed by atoms with Gasteiger partial charge in [-0.1, -0.05) is 36.9 Å². The molecule has 1 aliphatic rings. The predicted molar refractivity (Wildman–Crippen MR) is 94.2 cm³/mol. The van der Waals surface area contributed by atoms with Crippen LogP contribution in [0.1, 0.15) is 43.6 Å². The van der Waals surface area contributed by atoms with Crippen LogP contribution < -0.4 is 0 Å². The highest BCUT2D eigenvalue weighted by molar-refractivity contribution is 6.31. The SMILES string of the molecule is C=CCN(Cc1nnnn1-c1ccc(Cl)c(C#N)n1)C1CCCCC1. The van der Waals surface area contributed by atoms with E-state index in [1.165, 1.54) is 32.1 Å². The summed E-state index contributed by atoms with van der Waals surface area (Å²) < 4.78 is 1.57. The molecule has 2 aromatic heterocycles. The molecule has 1 fully saturated rings. The van der Waals surface area contributed by atoms with Crippen LogP contribution in [-0.4, -0.2) is 42.7 Å². The van der Waals surface area contributed by atoms with E-state index in [2.05, 4.69) is 32.0 Å². The van der Waals surface area contributed by atoms with Gasteiger partial charge in [0.05, 0.1) is 11.6 Å². The third kappa shape index (κ3) is 4.03. The molecule has 8 heteroatoms. The molecule has 0 amide bonds. The average molecular weight is 358 g/mol. The number of hydrogen-bond donors (Lipinski definition) is 0. The van der Waals surface area contributed by atoms with Crippen LogP contribution in [0.15, 0.2) is 24.8 Å². The molecule has 7 nitrogen and oxygen atoms in total. The first-order valence-corrected chi connectivity index (χ1v) is 8.80. The minimum absolute atomic E-state index is 0.163. The fourth-order valence-electron chi connectivity index (χ4n) is 3.25. The Balaban J connectivity index is 1.85. The Morgan fingerprint density at radius 3 is 2.88 bits per heavy atom. The van der Waals surface area contributed by atoms with Crippen molar-refractivity contribution < 1.29 is 0 Å². The van der Waals surface area contributed by atoms with E-state index in [9.17, 15) is 0 Å². The second-order valence-electron chi connectivity index (χ2n) is 6.13. The molecule has 0 saturated heterocycles.